The van der Waals surface area contributed by atoms with Gasteiger partial charge in [-0.1, -0.05) is 0 Å². The number of piperazine rings is 1. The topological polar surface area (TPSA) is 90.6 Å². The summed E-state index contributed by atoms with van der Waals surface area (Å²) >= 11 is 0. The molecule has 2 fully saturated rings. The van der Waals surface area contributed by atoms with Gasteiger partial charge in [0.1, 0.15) is 11.6 Å². The molecule has 2 aliphatic heterocycles. The second-order valence-corrected chi connectivity index (χ2v) is 5.12. The number of anilines is 3. The van der Waals surface area contributed by atoms with Crippen LogP contribution in [0.25, 0.3) is 0 Å². The molecule has 1 aromatic heterocycles. The van der Waals surface area contributed by atoms with Crippen LogP contribution in [0.1, 0.15) is 0 Å². The zero-order chi connectivity index (χ0) is 14.1. The lowest BCUT2D eigenvalue weighted by atomic mass is 10.3. The number of carbonyl (C=O) groups is 1. The second kappa shape index (κ2) is 5.12. The third-order valence-electron chi connectivity index (χ3n) is 3.68. The molecule has 0 bridgehead atoms. The van der Waals surface area contributed by atoms with Crippen LogP contribution in [0, 0.1) is 0 Å². The molecule has 8 nitrogen and oxygen atoms in total. The Hall–Kier alpha value is -2.09. The summed E-state index contributed by atoms with van der Waals surface area (Å²) in [6.45, 7) is 5.02. The number of likely N-dealkylation sites (N-methyl/N-ethyl adjacent to an activating group) is 1. The summed E-state index contributed by atoms with van der Waals surface area (Å²) < 4.78 is 0. The third-order valence-corrected chi connectivity index (χ3v) is 3.68. The predicted molar refractivity (Wildman–Crippen MR) is 76.9 cm³/mol. The summed E-state index contributed by atoms with van der Waals surface area (Å²) in [5.74, 6) is 1.57. The first-order chi connectivity index (χ1) is 9.63. The van der Waals surface area contributed by atoms with E-state index >= 15 is 0 Å². The fraction of sp³-hybridized carbons (Fsp3) is 0.583. The number of hydrogen-bond donors (Lipinski definition) is 2. The minimum atomic E-state index is -0.132. The third kappa shape index (κ3) is 2.46. The van der Waals surface area contributed by atoms with Gasteiger partial charge in [0, 0.05) is 45.3 Å². The second-order valence-electron chi connectivity index (χ2n) is 5.12. The maximum absolute atomic E-state index is 11.7. The molecule has 2 amide bonds. The average Bonchev–Trinajstić information content (AvgIpc) is 2.85. The molecule has 3 rings (SSSR count). The van der Waals surface area contributed by atoms with Crippen LogP contribution < -0.4 is 20.9 Å². The van der Waals surface area contributed by atoms with Crippen LogP contribution >= 0.6 is 0 Å². The van der Waals surface area contributed by atoms with E-state index in [1.807, 2.05) is 6.07 Å². The van der Waals surface area contributed by atoms with E-state index in [0.717, 1.165) is 32.0 Å². The van der Waals surface area contributed by atoms with Crippen molar-refractivity contribution in [2.24, 2.45) is 0 Å². The summed E-state index contributed by atoms with van der Waals surface area (Å²) in [6, 6.07) is 1.71. The lowest BCUT2D eigenvalue weighted by molar-refractivity contribution is 0.252. The average molecular weight is 277 g/mol. The fourth-order valence-corrected chi connectivity index (χ4v) is 2.47. The predicted octanol–water partition coefficient (Wildman–Crippen LogP) is -0.660. The van der Waals surface area contributed by atoms with E-state index in [1.165, 1.54) is 0 Å². The molecule has 8 heteroatoms. The van der Waals surface area contributed by atoms with Crippen molar-refractivity contribution in [1.82, 2.24) is 20.2 Å². The first-order valence-electron chi connectivity index (χ1n) is 6.77. The summed E-state index contributed by atoms with van der Waals surface area (Å²) in [6.07, 6.45) is 0. The van der Waals surface area contributed by atoms with Gasteiger partial charge in [-0.3, -0.25) is 4.90 Å². The van der Waals surface area contributed by atoms with Crippen LogP contribution in [0.5, 0.6) is 0 Å². The molecular weight excluding hydrogens is 258 g/mol. The van der Waals surface area contributed by atoms with E-state index in [4.69, 9.17) is 5.73 Å². The molecule has 3 heterocycles. The number of rotatable bonds is 2. The molecule has 0 aliphatic carbocycles. The minimum Gasteiger partial charge on any atom is -0.368 e. The number of nitrogens with zero attached hydrogens (tertiary/aromatic N) is 5. The van der Waals surface area contributed by atoms with Crippen LogP contribution in [0.2, 0.25) is 0 Å². The molecule has 1 aromatic rings. The maximum atomic E-state index is 11.7. The number of hydrogen-bond acceptors (Lipinski definition) is 6. The normalized spacial score (nSPS) is 20.4. The highest BCUT2D eigenvalue weighted by Crippen LogP contribution is 2.22. The molecular formula is C12H19N7O. The van der Waals surface area contributed by atoms with E-state index in [-0.39, 0.29) is 12.0 Å². The zero-order valence-corrected chi connectivity index (χ0v) is 11.5. The highest BCUT2D eigenvalue weighted by atomic mass is 16.2. The summed E-state index contributed by atoms with van der Waals surface area (Å²) in [5, 5.41) is 2.76. The summed E-state index contributed by atoms with van der Waals surface area (Å²) in [4.78, 5) is 26.2. The molecule has 2 saturated heterocycles. The lowest BCUT2D eigenvalue weighted by Crippen LogP contribution is -2.45. The summed E-state index contributed by atoms with van der Waals surface area (Å²) in [5.41, 5.74) is 5.79. The summed E-state index contributed by atoms with van der Waals surface area (Å²) in [7, 11) is 2.10. The van der Waals surface area contributed by atoms with Crippen LogP contribution in [0.15, 0.2) is 6.07 Å². The first-order valence-corrected chi connectivity index (χ1v) is 6.77. The number of nitrogen functional groups attached to an aromatic ring is 1. The van der Waals surface area contributed by atoms with E-state index in [9.17, 15) is 4.79 Å². The smallest absolute Gasteiger partial charge is 0.323 e. The molecule has 0 radical (unpaired) electrons. The molecule has 0 aromatic carbocycles. The standard InChI is InChI=1S/C12H19N7O/c1-17-4-6-18(7-5-17)9-8-10(16-11(13)15-9)19-3-2-14-12(19)20/h8H,2-7H2,1H3,(H,14,20)(H2,13,15,16). The van der Waals surface area contributed by atoms with Gasteiger partial charge >= 0.3 is 6.03 Å². The number of nitrogens with one attached hydrogen (secondary N) is 1. The Kier molecular flexibility index (Phi) is 3.31. The zero-order valence-electron chi connectivity index (χ0n) is 11.5. The Morgan fingerprint density at radius 3 is 2.50 bits per heavy atom. The van der Waals surface area contributed by atoms with E-state index in [2.05, 4.69) is 32.1 Å². The van der Waals surface area contributed by atoms with Crippen LogP contribution in [0.4, 0.5) is 22.4 Å². The maximum Gasteiger partial charge on any atom is 0.323 e. The van der Waals surface area contributed by atoms with Crippen LogP contribution in [-0.4, -0.2) is 67.2 Å². The molecule has 0 atom stereocenters. The molecule has 3 N–H and O–H groups in total. The Balaban J connectivity index is 1.85. The molecule has 0 unspecified atom stereocenters. The van der Waals surface area contributed by atoms with Crippen molar-refractivity contribution in [3.63, 3.8) is 0 Å². The van der Waals surface area contributed by atoms with Gasteiger partial charge in [0.15, 0.2) is 0 Å². The van der Waals surface area contributed by atoms with Gasteiger partial charge in [-0.25, -0.2) is 4.79 Å². The number of carbonyl (C=O) groups excluding carboxylic acids is 1. The number of nitrogens with two attached hydrogens (primary N) is 1. The number of amides is 2. The first kappa shape index (κ1) is 12.9. The monoisotopic (exact) mass is 277 g/mol. The highest BCUT2D eigenvalue weighted by molar-refractivity contribution is 5.93. The molecule has 0 spiro atoms. The van der Waals surface area contributed by atoms with Gasteiger partial charge in [0.05, 0.1) is 0 Å². The lowest BCUT2D eigenvalue weighted by Gasteiger charge is -2.33. The van der Waals surface area contributed by atoms with Crippen molar-refractivity contribution in [3.8, 4) is 0 Å². The van der Waals surface area contributed by atoms with Gasteiger partial charge in [0.25, 0.3) is 0 Å². The van der Waals surface area contributed by atoms with Crippen molar-refractivity contribution >= 4 is 23.6 Å². The van der Waals surface area contributed by atoms with Crippen molar-refractivity contribution in [2.45, 2.75) is 0 Å². The molecule has 0 saturated carbocycles. The highest BCUT2D eigenvalue weighted by Gasteiger charge is 2.24. The Morgan fingerprint density at radius 1 is 1.15 bits per heavy atom. The van der Waals surface area contributed by atoms with Gasteiger partial charge in [-0.05, 0) is 7.05 Å². The van der Waals surface area contributed by atoms with E-state index < -0.39 is 0 Å². The van der Waals surface area contributed by atoms with E-state index in [1.54, 1.807) is 4.90 Å². The van der Waals surface area contributed by atoms with Gasteiger partial charge in [0.2, 0.25) is 5.95 Å². The number of aromatic nitrogens is 2. The Morgan fingerprint density at radius 2 is 1.85 bits per heavy atom. The largest absolute Gasteiger partial charge is 0.368 e. The van der Waals surface area contributed by atoms with Crippen LogP contribution in [-0.2, 0) is 0 Å². The minimum absolute atomic E-state index is 0.132. The van der Waals surface area contributed by atoms with Gasteiger partial charge in [-0.15, -0.1) is 0 Å². The Labute approximate surface area is 117 Å². The van der Waals surface area contributed by atoms with Crippen molar-refractivity contribution in [1.29, 1.82) is 0 Å². The van der Waals surface area contributed by atoms with Gasteiger partial charge < -0.3 is 20.9 Å². The quantitative estimate of drug-likeness (QED) is 0.746. The van der Waals surface area contributed by atoms with Crippen molar-refractivity contribution in [3.05, 3.63) is 6.07 Å². The van der Waals surface area contributed by atoms with Gasteiger partial charge in [-0.2, -0.15) is 9.97 Å². The van der Waals surface area contributed by atoms with Crippen molar-refractivity contribution in [2.75, 3.05) is 61.8 Å². The molecule has 20 heavy (non-hydrogen) atoms. The van der Waals surface area contributed by atoms with Crippen molar-refractivity contribution < 1.29 is 4.79 Å². The van der Waals surface area contributed by atoms with Crippen LogP contribution in [0.3, 0.4) is 0 Å². The SMILES string of the molecule is CN1CCN(c2cc(N3CCNC3=O)nc(N)n2)CC1. The van der Waals surface area contributed by atoms with E-state index in [0.29, 0.717) is 18.9 Å². The molecule has 108 valence electrons. The number of urea groups is 1. The fourth-order valence-electron chi connectivity index (χ4n) is 2.47. The molecule has 2 aliphatic rings. The Bertz CT molecular complexity index is 513.